The quantitative estimate of drug-likeness (QED) is 0.815. The van der Waals surface area contributed by atoms with Crippen LogP contribution in [-0.4, -0.2) is 59.7 Å². The zero-order chi connectivity index (χ0) is 18.3. The van der Waals surface area contributed by atoms with Crippen molar-refractivity contribution in [3.8, 4) is 0 Å². The zero-order valence-electron chi connectivity index (χ0n) is 16.4. The average Bonchev–Trinajstić information content (AvgIpc) is 2.66. The molecule has 4 rings (SSSR count). The standard InChI is InChI=1S/C21H29N5/c1-5-16-7-8-19-18(14-16)20-17(6-2)13-15(3)23-26(20)21(22-19)25-11-9-24(4)10-12-25/h7-8,14H,5-6,9-13H2,1-4H3. The molecule has 3 heterocycles. The smallest absolute Gasteiger partial charge is 0.227 e. The minimum Gasteiger partial charge on any atom is -0.338 e. The van der Waals surface area contributed by atoms with E-state index in [-0.39, 0.29) is 0 Å². The first-order chi connectivity index (χ1) is 12.6. The Morgan fingerprint density at radius 3 is 2.50 bits per heavy atom. The normalized spacial score (nSPS) is 20.6. The van der Waals surface area contributed by atoms with Crippen LogP contribution in [0.5, 0.6) is 0 Å². The predicted molar refractivity (Wildman–Crippen MR) is 109 cm³/mol. The Morgan fingerprint density at radius 1 is 1.04 bits per heavy atom. The van der Waals surface area contributed by atoms with E-state index in [9.17, 15) is 0 Å². The van der Waals surface area contributed by atoms with Crippen LogP contribution in [0, 0.1) is 0 Å². The van der Waals surface area contributed by atoms with Crippen molar-refractivity contribution in [3.05, 3.63) is 34.9 Å². The molecule has 1 aromatic rings. The van der Waals surface area contributed by atoms with Crippen molar-refractivity contribution in [2.45, 2.75) is 40.0 Å². The Morgan fingerprint density at radius 2 is 1.81 bits per heavy atom. The first-order valence-electron chi connectivity index (χ1n) is 9.82. The molecule has 0 N–H and O–H groups in total. The number of hydrazone groups is 1. The molecule has 0 spiro atoms. The van der Waals surface area contributed by atoms with Gasteiger partial charge in [0, 0.05) is 43.9 Å². The molecule has 5 heteroatoms. The van der Waals surface area contributed by atoms with Gasteiger partial charge in [0.05, 0.1) is 11.4 Å². The number of nitrogens with zero attached hydrogens (tertiary/aromatic N) is 5. The van der Waals surface area contributed by atoms with E-state index < -0.39 is 0 Å². The van der Waals surface area contributed by atoms with Crippen molar-refractivity contribution < 1.29 is 0 Å². The van der Waals surface area contributed by atoms with Crippen molar-refractivity contribution in [2.24, 2.45) is 10.1 Å². The summed E-state index contributed by atoms with van der Waals surface area (Å²) < 4.78 is 0. The highest BCUT2D eigenvalue weighted by Crippen LogP contribution is 2.41. The number of allylic oxidation sites excluding steroid dienone is 1. The number of benzene rings is 1. The molecule has 0 atom stereocenters. The third kappa shape index (κ3) is 2.94. The fourth-order valence-electron chi connectivity index (χ4n) is 4.00. The first-order valence-corrected chi connectivity index (χ1v) is 9.82. The topological polar surface area (TPSA) is 34.4 Å². The molecule has 3 aliphatic heterocycles. The van der Waals surface area contributed by atoms with Crippen LogP contribution in [0.4, 0.5) is 5.69 Å². The summed E-state index contributed by atoms with van der Waals surface area (Å²) >= 11 is 0. The fraction of sp³-hybridized carbons (Fsp3) is 0.524. The van der Waals surface area contributed by atoms with E-state index in [0.29, 0.717) is 0 Å². The molecule has 0 unspecified atom stereocenters. The van der Waals surface area contributed by atoms with Gasteiger partial charge in [0.2, 0.25) is 5.96 Å². The Kier molecular flexibility index (Phi) is 4.57. The minimum atomic E-state index is 0.966. The summed E-state index contributed by atoms with van der Waals surface area (Å²) in [5.41, 5.74) is 7.60. The minimum absolute atomic E-state index is 0.966. The predicted octanol–water partition coefficient (Wildman–Crippen LogP) is 3.70. The summed E-state index contributed by atoms with van der Waals surface area (Å²) in [7, 11) is 2.19. The molecule has 0 bridgehead atoms. The average molecular weight is 351 g/mol. The number of likely N-dealkylation sites (N-methyl/N-ethyl adjacent to an activating group) is 1. The van der Waals surface area contributed by atoms with Crippen LogP contribution in [0.3, 0.4) is 0 Å². The highest BCUT2D eigenvalue weighted by Gasteiger charge is 2.34. The third-order valence-corrected chi connectivity index (χ3v) is 5.63. The Bertz CT molecular complexity index is 797. The van der Waals surface area contributed by atoms with Crippen molar-refractivity contribution in [3.63, 3.8) is 0 Å². The van der Waals surface area contributed by atoms with E-state index in [1.807, 2.05) is 0 Å². The molecule has 3 aliphatic rings. The molecule has 5 nitrogen and oxygen atoms in total. The van der Waals surface area contributed by atoms with Crippen molar-refractivity contribution in [1.29, 1.82) is 0 Å². The molecule has 0 aliphatic carbocycles. The number of hydrogen-bond donors (Lipinski definition) is 0. The monoisotopic (exact) mass is 351 g/mol. The molecule has 138 valence electrons. The maximum atomic E-state index is 5.07. The van der Waals surface area contributed by atoms with E-state index in [0.717, 1.165) is 57.1 Å². The summed E-state index contributed by atoms with van der Waals surface area (Å²) in [6, 6.07) is 6.71. The second-order valence-electron chi connectivity index (χ2n) is 7.54. The molecule has 1 fully saturated rings. The van der Waals surface area contributed by atoms with Gasteiger partial charge in [-0.1, -0.05) is 19.9 Å². The summed E-state index contributed by atoms with van der Waals surface area (Å²) in [6.07, 6.45) is 3.05. The van der Waals surface area contributed by atoms with Crippen LogP contribution in [0.1, 0.15) is 44.7 Å². The largest absolute Gasteiger partial charge is 0.338 e. The van der Waals surface area contributed by atoms with E-state index in [1.165, 1.54) is 28.1 Å². The van der Waals surface area contributed by atoms with Crippen molar-refractivity contribution >= 4 is 23.1 Å². The van der Waals surface area contributed by atoms with Gasteiger partial charge in [-0.3, -0.25) is 0 Å². The summed E-state index contributed by atoms with van der Waals surface area (Å²) in [5.74, 6) is 0.995. The van der Waals surface area contributed by atoms with E-state index >= 15 is 0 Å². The SMILES string of the molecule is CCC1=C2c3cc(CC)ccc3N=C(N3CCN(C)CC3)N2N=C(C)C1. The lowest BCUT2D eigenvalue weighted by Crippen LogP contribution is -2.52. The van der Waals surface area contributed by atoms with Crippen LogP contribution in [-0.2, 0) is 6.42 Å². The van der Waals surface area contributed by atoms with Crippen LogP contribution in [0.2, 0.25) is 0 Å². The van der Waals surface area contributed by atoms with Gasteiger partial charge in [0.25, 0.3) is 0 Å². The van der Waals surface area contributed by atoms with Gasteiger partial charge in [-0.25, -0.2) is 4.99 Å². The Hall–Kier alpha value is -2.14. The van der Waals surface area contributed by atoms with Gasteiger partial charge < -0.3 is 9.80 Å². The second kappa shape index (κ2) is 6.88. The van der Waals surface area contributed by atoms with E-state index in [4.69, 9.17) is 10.1 Å². The Balaban J connectivity index is 1.85. The van der Waals surface area contributed by atoms with E-state index in [1.54, 1.807) is 0 Å². The first kappa shape index (κ1) is 17.3. The molecule has 0 saturated carbocycles. The lowest BCUT2D eigenvalue weighted by atomic mass is 9.94. The molecule has 0 amide bonds. The second-order valence-corrected chi connectivity index (χ2v) is 7.54. The van der Waals surface area contributed by atoms with Gasteiger partial charge in [0.15, 0.2) is 0 Å². The van der Waals surface area contributed by atoms with Crippen LogP contribution in [0.15, 0.2) is 33.9 Å². The summed E-state index contributed by atoms with van der Waals surface area (Å²) in [4.78, 5) is 9.84. The van der Waals surface area contributed by atoms with Crippen molar-refractivity contribution in [2.75, 3.05) is 33.2 Å². The van der Waals surface area contributed by atoms with Crippen LogP contribution >= 0.6 is 0 Å². The van der Waals surface area contributed by atoms with Crippen LogP contribution in [0.25, 0.3) is 5.70 Å². The highest BCUT2D eigenvalue weighted by atomic mass is 15.6. The number of fused-ring (bicyclic) bond motifs is 3. The molecular formula is C21H29N5. The summed E-state index contributed by atoms with van der Waals surface area (Å²) in [5, 5.41) is 7.07. The van der Waals surface area contributed by atoms with Gasteiger partial charge in [-0.15, -0.1) is 0 Å². The number of guanidine groups is 1. The van der Waals surface area contributed by atoms with Crippen molar-refractivity contribution in [1.82, 2.24) is 14.8 Å². The molecule has 1 aromatic carbocycles. The number of piperazine rings is 1. The molecule has 26 heavy (non-hydrogen) atoms. The lowest BCUT2D eigenvalue weighted by molar-refractivity contribution is 0.203. The summed E-state index contributed by atoms with van der Waals surface area (Å²) in [6.45, 7) is 10.7. The number of aryl methyl sites for hydroxylation is 1. The van der Waals surface area contributed by atoms with E-state index in [2.05, 4.69) is 60.8 Å². The highest BCUT2D eigenvalue weighted by molar-refractivity contribution is 6.02. The maximum absolute atomic E-state index is 5.07. The molecule has 0 radical (unpaired) electrons. The number of aliphatic imine (C=N–C) groups is 1. The molecule has 1 saturated heterocycles. The number of hydrogen-bond acceptors (Lipinski definition) is 5. The van der Waals surface area contributed by atoms with Gasteiger partial charge in [0.1, 0.15) is 0 Å². The van der Waals surface area contributed by atoms with Crippen LogP contribution < -0.4 is 0 Å². The zero-order valence-corrected chi connectivity index (χ0v) is 16.4. The molecule has 0 aromatic heterocycles. The van der Waals surface area contributed by atoms with Gasteiger partial charge in [-0.05, 0) is 50.1 Å². The molecular weight excluding hydrogens is 322 g/mol. The number of rotatable bonds is 2. The third-order valence-electron chi connectivity index (χ3n) is 5.63. The lowest BCUT2D eigenvalue weighted by Gasteiger charge is -2.41. The Labute approximate surface area is 156 Å². The van der Waals surface area contributed by atoms with Gasteiger partial charge >= 0.3 is 0 Å². The maximum Gasteiger partial charge on any atom is 0.227 e. The van der Waals surface area contributed by atoms with Gasteiger partial charge in [-0.2, -0.15) is 10.1 Å². The fourth-order valence-corrected chi connectivity index (χ4v) is 4.00.